The topological polar surface area (TPSA) is 41.5 Å². The minimum atomic E-state index is -0.227. The molecule has 4 heteroatoms. The third-order valence-corrected chi connectivity index (χ3v) is 3.29. The number of hydrazone groups is 1. The second-order valence-electron chi connectivity index (χ2n) is 4.45. The van der Waals surface area contributed by atoms with Crippen molar-refractivity contribution < 1.29 is 4.79 Å². The van der Waals surface area contributed by atoms with Crippen molar-refractivity contribution in [3.05, 3.63) is 76.3 Å². The maximum atomic E-state index is 11.9. The van der Waals surface area contributed by atoms with Gasteiger partial charge in [-0.2, -0.15) is 5.10 Å². The number of carbonyl (C=O) groups is 1. The summed E-state index contributed by atoms with van der Waals surface area (Å²) in [6.45, 7) is 1.83. The van der Waals surface area contributed by atoms with Crippen LogP contribution in [0.3, 0.4) is 0 Å². The van der Waals surface area contributed by atoms with Crippen LogP contribution in [0.4, 0.5) is 0 Å². The first-order valence-corrected chi connectivity index (χ1v) is 7.28. The summed E-state index contributed by atoms with van der Waals surface area (Å²) in [5.74, 6) is -0.227. The molecular weight excluding hydrogens is 328 g/mol. The first-order valence-electron chi connectivity index (χ1n) is 6.48. The molecule has 2 aromatic rings. The minimum absolute atomic E-state index is 0.227. The Morgan fingerprint density at radius 3 is 2.43 bits per heavy atom. The van der Waals surface area contributed by atoms with Crippen LogP contribution in [0.25, 0.3) is 6.08 Å². The standard InChI is InChI=1S/C17H15BrN2O/c1-13(7-8-14-5-3-2-4-6-14)19-20-17(21)15-9-11-16(18)12-10-15/h2-12H,1H3,(H,20,21)/b8-7+,19-13?. The molecule has 0 aliphatic heterocycles. The molecule has 21 heavy (non-hydrogen) atoms. The van der Waals surface area contributed by atoms with Gasteiger partial charge in [0.1, 0.15) is 0 Å². The Kier molecular flexibility index (Phi) is 5.46. The normalized spacial score (nSPS) is 11.6. The van der Waals surface area contributed by atoms with Crippen molar-refractivity contribution in [3.63, 3.8) is 0 Å². The highest BCUT2D eigenvalue weighted by Crippen LogP contribution is 2.10. The zero-order chi connectivity index (χ0) is 15.1. The van der Waals surface area contributed by atoms with Crippen LogP contribution in [0.2, 0.25) is 0 Å². The van der Waals surface area contributed by atoms with Crippen LogP contribution in [0.15, 0.2) is 70.2 Å². The van der Waals surface area contributed by atoms with Crippen molar-refractivity contribution in [2.24, 2.45) is 5.10 Å². The summed E-state index contributed by atoms with van der Waals surface area (Å²) < 4.78 is 0.935. The van der Waals surface area contributed by atoms with Gasteiger partial charge in [0.2, 0.25) is 0 Å². The Labute approximate surface area is 132 Å². The monoisotopic (exact) mass is 342 g/mol. The van der Waals surface area contributed by atoms with Gasteiger partial charge in [0.25, 0.3) is 5.91 Å². The van der Waals surface area contributed by atoms with E-state index < -0.39 is 0 Å². The smallest absolute Gasteiger partial charge is 0.267 e. The number of hydrogen-bond donors (Lipinski definition) is 1. The molecule has 0 saturated heterocycles. The Balaban J connectivity index is 1.95. The number of nitrogens with one attached hydrogen (secondary N) is 1. The number of nitrogens with zero attached hydrogens (tertiary/aromatic N) is 1. The first-order chi connectivity index (χ1) is 10.1. The van der Waals surface area contributed by atoms with E-state index in [2.05, 4.69) is 26.5 Å². The van der Waals surface area contributed by atoms with Crippen molar-refractivity contribution in [2.75, 3.05) is 0 Å². The molecule has 0 unspecified atom stereocenters. The fraction of sp³-hybridized carbons (Fsp3) is 0.0588. The predicted octanol–water partition coefficient (Wildman–Crippen LogP) is 4.27. The highest BCUT2D eigenvalue weighted by molar-refractivity contribution is 9.10. The van der Waals surface area contributed by atoms with Gasteiger partial charge in [0.05, 0.1) is 5.71 Å². The van der Waals surface area contributed by atoms with Gasteiger partial charge in [0, 0.05) is 10.0 Å². The number of carbonyl (C=O) groups excluding carboxylic acids is 1. The molecule has 0 atom stereocenters. The van der Waals surface area contributed by atoms with Crippen LogP contribution >= 0.6 is 15.9 Å². The zero-order valence-electron chi connectivity index (χ0n) is 11.6. The molecule has 0 heterocycles. The quantitative estimate of drug-likeness (QED) is 0.654. The van der Waals surface area contributed by atoms with Crippen LogP contribution < -0.4 is 5.43 Å². The number of benzene rings is 2. The third-order valence-electron chi connectivity index (χ3n) is 2.76. The average Bonchev–Trinajstić information content (AvgIpc) is 2.52. The van der Waals surface area contributed by atoms with E-state index in [9.17, 15) is 4.79 Å². The van der Waals surface area contributed by atoms with Gasteiger partial charge in [-0.3, -0.25) is 4.79 Å². The van der Waals surface area contributed by atoms with Gasteiger partial charge in [-0.25, -0.2) is 5.43 Å². The predicted molar refractivity (Wildman–Crippen MR) is 90.2 cm³/mol. The van der Waals surface area contributed by atoms with Crippen molar-refractivity contribution in [3.8, 4) is 0 Å². The molecule has 3 nitrogen and oxygen atoms in total. The Bertz CT molecular complexity index is 661. The SMILES string of the molecule is CC(/C=C/c1ccccc1)=NNC(=O)c1ccc(Br)cc1. The van der Waals surface area contributed by atoms with Gasteiger partial charge >= 0.3 is 0 Å². The summed E-state index contributed by atoms with van der Waals surface area (Å²) >= 11 is 3.33. The van der Waals surface area contributed by atoms with Crippen molar-refractivity contribution >= 4 is 33.6 Å². The molecule has 106 valence electrons. The molecule has 0 aromatic heterocycles. The molecule has 2 rings (SSSR count). The van der Waals surface area contributed by atoms with Crippen LogP contribution in [0.1, 0.15) is 22.8 Å². The van der Waals surface area contributed by atoms with E-state index in [4.69, 9.17) is 0 Å². The summed E-state index contributed by atoms with van der Waals surface area (Å²) in [5, 5.41) is 4.06. The van der Waals surface area contributed by atoms with Gasteiger partial charge in [0.15, 0.2) is 0 Å². The molecule has 0 radical (unpaired) electrons. The highest BCUT2D eigenvalue weighted by atomic mass is 79.9. The van der Waals surface area contributed by atoms with E-state index in [1.807, 2.05) is 61.5 Å². The van der Waals surface area contributed by atoms with Crippen molar-refractivity contribution in [1.82, 2.24) is 5.43 Å². The molecule has 0 bridgehead atoms. The lowest BCUT2D eigenvalue weighted by Crippen LogP contribution is -2.18. The van der Waals surface area contributed by atoms with Crippen LogP contribution in [-0.4, -0.2) is 11.6 Å². The second kappa shape index (κ2) is 7.55. The van der Waals surface area contributed by atoms with E-state index in [0.717, 1.165) is 15.7 Å². The van der Waals surface area contributed by atoms with E-state index in [1.54, 1.807) is 12.1 Å². The van der Waals surface area contributed by atoms with Crippen LogP contribution in [0.5, 0.6) is 0 Å². The zero-order valence-corrected chi connectivity index (χ0v) is 13.2. The summed E-state index contributed by atoms with van der Waals surface area (Å²) in [6.07, 6.45) is 3.81. The molecule has 0 aliphatic rings. The highest BCUT2D eigenvalue weighted by Gasteiger charge is 2.03. The molecule has 1 amide bonds. The molecule has 1 N–H and O–H groups in total. The van der Waals surface area contributed by atoms with E-state index in [1.165, 1.54) is 0 Å². The summed E-state index contributed by atoms with van der Waals surface area (Å²) in [5.41, 5.74) is 4.92. The van der Waals surface area contributed by atoms with Crippen molar-refractivity contribution in [2.45, 2.75) is 6.92 Å². The molecule has 0 spiro atoms. The first kappa shape index (κ1) is 15.2. The maximum absolute atomic E-state index is 11.9. The molecule has 0 aliphatic carbocycles. The molecule has 0 fully saturated rings. The number of hydrogen-bond acceptors (Lipinski definition) is 2. The van der Waals surface area contributed by atoms with Gasteiger partial charge < -0.3 is 0 Å². The fourth-order valence-electron chi connectivity index (χ4n) is 1.62. The number of amides is 1. The van der Waals surface area contributed by atoms with Gasteiger partial charge in [-0.1, -0.05) is 52.3 Å². The lowest BCUT2D eigenvalue weighted by Gasteiger charge is -2.00. The summed E-state index contributed by atoms with van der Waals surface area (Å²) in [4.78, 5) is 11.9. The minimum Gasteiger partial charge on any atom is -0.267 e. The van der Waals surface area contributed by atoms with Crippen LogP contribution in [0, 0.1) is 0 Å². The number of rotatable bonds is 4. The maximum Gasteiger partial charge on any atom is 0.271 e. The number of halogens is 1. The largest absolute Gasteiger partial charge is 0.271 e. The van der Waals surface area contributed by atoms with E-state index in [0.29, 0.717) is 5.56 Å². The Hall–Kier alpha value is -2.20. The lowest BCUT2D eigenvalue weighted by molar-refractivity contribution is 0.0955. The third kappa shape index (κ3) is 5.00. The summed E-state index contributed by atoms with van der Waals surface area (Å²) in [7, 11) is 0. The van der Waals surface area contributed by atoms with Crippen molar-refractivity contribution in [1.29, 1.82) is 0 Å². The second-order valence-corrected chi connectivity index (χ2v) is 5.36. The van der Waals surface area contributed by atoms with Gasteiger partial charge in [-0.05, 0) is 42.8 Å². The van der Waals surface area contributed by atoms with Gasteiger partial charge in [-0.15, -0.1) is 0 Å². The van der Waals surface area contributed by atoms with E-state index >= 15 is 0 Å². The van der Waals surface area contributed by atoms with E-state index in [-0.39, 0.29) is 5.91 Å². The Morgan fingerprint density at radius 1 is 1.10 bits per heavy atom. The Morgan fingerprint density at radius 2 is 1.76 bits per heavy atom. The summed E-state index contributed by atoms with van der Waals surface area (Å²) in [6, 6.07) is 17.0. The van der Waals surface area contributed by atoms with Crippen LogP contribution in [-0.2, 0) is 0 Å². The molecule has 2 aromatic carbocycles. The number of allylic oxidation sites excluding steroid dienone is 1. The molecule has 0 saturated carbocycles. The average molecular weight is 343 g/mol. The fourth-order valence-corrected chi connectivity index (χ4v) is 1.89. The molecular formula is C17H15BrN2O. The lowest BCUT2D eigenvalue weighted by atomic mass is 10.2.